The summed E-state index contributed by atoms with van der Waals surface area (Å²) in [6.45, 7) is 8.06. The number of nitrogens with zero attached hydrogens (tertiary/aromatic N) is 6. The highest BCUT2D eigenvalue weighted by atomic mass is 16.5. The topological polar surface area (TPSA) is 70.4 Å². The largest absolute Gasteiger partial charge is 0.378 e. The number of rotatable bonds is 5. The van der Waals surface area contributed by atoms with E-state index in [0.29, 0.717) is 11.6 Å². The number of hydrogen-bond acceptors (Lipinski definition) is 8. The van der Waals surface area contributed by atoms with Crippen LogP contribution in [0.3, 0.4) is 0 Å². The lowest BCUT2D eigenvalue weighted by Crippen LogP contribution is -2.56. The normalized spacial score (nSPS) is 20.9. The van der Waals surface area contributed by atoms with Gasteiger partial charge in [-0.3, -0.25) is 10.3 Å². The van der Waals surface area contributed by atoms with Gasteiger partial charge in [0.25, 0.3) is 0 Å². The number of piperazine rings is 1. The van der Waals surface area contributed by atoms with Gasteiger partial charge in [0.2, 0.25) is 0 Å². The van der Waals surface area contributed by atoms with E-state index in [1.807, 2.05) is 24.4 Å². The van der Waals surface area contributed by atoms with Gasteiger partial charge in [0, 0.05) is 45.0 Å². The summed E-state index contributed by atoms with van der Waals surface area (Å²) in [5.41, 5.74) is 9.43. The third-order valence-corrected chi connectivity index (χ3v) is 7.44. The van der Waals surface area contributed by atoms with E-state index >= 15 is 0 Å². The molecule has 4 aliphatic heterocycles. The number of hydrazone groups is 1. The molecule has 6 rings (SSSR count). The minimum Gasteiger partial charge on any atom is -0.378 e. The van der Waals surface area contributed by atoms with Crippen molar-refractivity contribution in [3.05, 3.63) is 59.7 Å². The Hall–Kier alpha value is -3.54. The zero-order chi connectivity index (χ0) is 23.6. The van der Waals surface area contributed by atoms with Gasteiger partial charge in [-0.15, -0.1) is 0 Å². The number of benzene rings is 2. The van der Waals surface area contributed by atoms with E-state index in [-0.39, 0.29) is 0 Å². The Morgan fingerprint density at radius 3 is 2.31 bits per heavy atom. The number of nitriles is 1. The number of hydrazine groups is 1. The quantitative estimate of drug-likeness (QED) is 0.722. The van der Waals surface area contributed by atoms with Crippen molar-refractivity contribution < 1.29 is 4.74 Å². The van der Waals surface area contributed by atoms with Crippen molar-refractivity contribution in [2.75, 3.05) is 67.4 Å². The molecular weight excluding hydrogens is 438 g/mol. The molecule has 0 radical (unpaired) electrons. The zero-order valence-corrected chi connectivity index (χ0v) is 19.9. The molecule has 0 aliphatic carbocycles. The maximum Gasteiger partial charge on any atom is 0.101 e. The Labute approximate surface area is 206 Å². The predicted molar refractivity (Wildman–Crippen MR) is 140 cm³/mol. The Morgan fingerprint density at radius 2 is 1.63 bits per heavy atom. The van der Waals surface area contributed by atoms with Crippen LogP contribution in [-0.4, -0.2) is 69.6 Å². The molecule has 0 spiro atoms. The number of hydrogen-bond donors (Lipinski definition) is 1. The van der Waals surface area contributed by atoms with Crippen LogP contribution in [-0.2, 0) is 4.74 Å². The standard InChI is InChI=1S/C27H31N7O/c28-18-22-5-8-24(17-27(22)33-11-1-2-12-33)34-29-10-9-26(30-34)21-3-6-23(7-4-21)31-13-15-32(16-14-31)25-19-35-20-25/h3-10,17,25,30H,1-2,11-16,19-20H2. The van der Waals surface area contributed by atoms with Crippen molar-refractivity contribution in [1.29, 1.82) is 5.26 Å². The molecule has 1 N–H and O–H groups in total. The summed E-state index contributed by atoms with van der Waals surface area (Å²) in [6.07, 6.45) is 6.15. The van der Waals surface area contributed by atoms with Crippen LogP contribution >= 0.6 is 0 Å². The average molecular weight is 470 g/mol. The third kappa shape index (κ3) is 4.45. The molecule has 3 saturated heterocycles. The molecule has 0 unspecified atom stereocenters. The SMILES string of the molecule is N#Cc1ccc(N2N=CC=C(c3ccc(N4CCN(C5COC5)CC4)cc3)N2)cc1N1CCCC1. The molecule has 0 saturated carbocycles. The van der Waals surface area contributed by atoms with Crippen molar-refractivity contribution in [3.8, 4) is 6.07 Å². The van der Waals surface area contributed by atoms with E-state index in [9.17, 15) is 5.26 Å². The first kappa shape index (κ1) is 22.0. The second-order valence-electron chi connectivity index (χ2n) is 9.54. The Morgan fingerprint density at radius 1 is 0.886 bits per heavy atom. The van der Waals surface area contributed by atoms with Gasteiger partial charge in [0.15, 0.2) is 0 Å². The monoisotopic (exact) mass is 469 g/mol. The highest BCUT2D eigenvalue weighted by molar-refractivity contribution is 5.87. The molecule has 35 heavy (non-hydrogen) atoms. The predicted octanol–water partition coefficient (Wildman–Crippen LogP) is 3.03. The van der Waals surface area contributed by atoms with Gasteiger partial charge >= 0.3 is 0 Å². The van der Waals surface area contributed by atoms with Gasteiger partial charge in [0.1, 0.15) is 6.07 Å². The second-order valence-corrected chi connectivity index (χ2v) is 9.54. The fourth-order valence-electron chi connectivity index (χ4n) is 5.24. The molecular formula is C27H31N7O. The summed E-state index contributed by atoms with van der Waals surface area (Å²) in [6, 6.07) is 17.6. The number of anilines is 3. The van der Waals surface area contributed by atoms with Crippen LogP contribution in [0.5, 0.6) is 0 Å². The van der Waals surface area contributed by atoms with E-state index in [1.54, 1.807) is 5.12 Å². The summed E-state index contributed by atoms with van der Waals surface area (Å²) >= 11 is 0. The molecule has 0 amide bonds. The molecule has 8 heteroatoms. The molecule has 0 bridgehead atoms. The van der Waals surface area contributed by atoms with Crippen molar-refractivity contribution in [1.82, 2.24) is 10.3 Å². The Bertz CT molecular complexity index is 1150. The number of allylic oxidation sites excluding steroid dienone is 1. The summed E-state index contributed by atoms with van der Waals surface area (Å²) in [4.78, 5) is 7.31. The van der Waals surface area contributed by atoms with Gasteiger partial charge in [-0.1, -0.05) is 12.1 Å². The molecule has 2 aromatic carbocycles. The first-order valence-electron chi connectivity index (χ1n) is 12.6. The van der Waals surface area contributed by atoms with Crippen LogP contribution in [0.2, 0.25) is 0 Å². The van der Waals surface area contributed by atoms with Crippen molar-refractivity contribution in [2.45, 2.75) is 18.9 Å². The van der Waals surface area contributed by atoms with Crippen molar-refractivity contribution >= 4 is 29.0 Å². The molecule has 0 aromatic heterocycles. The minimum atomic E-state index is 0.621. The second kappa shape index (κ2) is 9.61. The van der Waals surface area contributed by atoms with E-state index < -0.39 is 0 Å². The van der Waals surface area contributed by atoms with Gasteiger partial charge in [-0.05, 0) is 54.8 Å². The first-order valence-corrected chi connectivity index (χ1v) is 12.6. The fourth-order valence-corrected chi connectivity index (χ4v) is 5.24. The van der Waals surface area contributed by atoms with Gasteiger partial charge in [-0.25, -0.2) is 0 Å². The van der Waals surface area contributed by atoms with Crippen LogP contribution < -0.4 is 20.3 Å². The summed E-state index contributed by atoms with van der Waals surface area (Å²) in [5, 5.41) is 15.9. The number of ether oxygens (including phenoxy) is 1. The van der Waals surface area contributed by atoms with Crippen molar-refractivity contribution in [3.63, 3.8) is 0 Å². The zero-order valence-electron chi connectivity index (χ0n) is 19.9. The molecule has 8 nitrogen and oxygen atoms in total. The molecule has 3 fully saturated rings. The summed E-state index contributed by atoms with van der Waals surface area (Å²) < 4.78 is 5.35. The molecule has 4 heterocycles. The van der Waals surface area contributed by atoms with Crippen LogP contribution in [0.25, 0.3) is 5.70 Å². The van der Waals surface area contributed by atoms with Crippen LogP contribution in [0.4, 0.5) is 17.1 Å². The fraction of sp³-hybridized carbons (Fsp3) is 0.407. The van der Waals surface area contributed by atoms with Crippen LogP contribution in [0.15, 0.2) is 53.6 Å². The van der Waals surface area contributed by atoms with E-state index in [2.05, 4.69) is 61.6 Å². The molecule has 180 valence electrons. The van der Waals surface area contributed by atoms with Gasteiger partial charge in [-0.2, -0.15) is 15.5 Å². The van der Waals surface area contributed by atoms with Gasteiger partial charge in [0.05, 0.1) is 48.1 Å². The lowest BCUT2D eigenvalue weighted by atomic mass is 10.1. The van der Waals surface area contributed by atoms with Crippen molar-refractivity contribution in [2.24, 2.45) is 5.10 Å². The highest BCUT2D eigenvalue weighted by Gasteiger charge is 2.29. The number of nitrogens with one attached hydrogen (secondary N) is 1. The van der Waals surface area contributed by atoms with E-state index in [0.717, 1.165) is 75.1 Å². The summed E-state index contributed by atoms with van der Waals surface area (Å²) in [5.74, 6) is 0. The average Bonchev–Trinajstić information content (AvgIpc) is 3.43. The summed E-state index contributed by atoms with van der Waals surface area (Å²) in [7, 11) is 0. The van der Waals surface area contributed by atoms with Gasteiger partial charge < -0.3 is 14.5 Å². The molecule has 2 aromatic rings. The maximum absolute atomic E-state index is 9.58. The highest BCUT2D eigenvalue weighted by Crippen LogP contribution is 2.30. The lowest BCUT2D eigenvalue weighted by molar-refractivity contribution is -0.0660. The molecule has 0 atom stereocenters. The van der Waals surface area contributed by atoms with E-state index in [1.165, 1.54) is 18.5 Å². The lowest BCUT2D eigenvalue weighted by Gasteiger charge is -2.43. The van der Waals surface area contributed by atoms with Crippen LogP contribution in [0.1, 0.15) is 24.0 Å². The Balaban J connectivity index is 1.13. The van der Waals surface area contributed by atoms with E-state index in [4.69, 9.17) is 4.74 Å². The smallest absolute Gasteiger partial charge is 0.101 e. The first-order chi connectivity index (χ1) is 17.3. The Kier molecular flexibility index (Phi) is 6.03. The minimum absolute atomic E-state index is 0.621. The molecule has 4 aliphatic rings. The third-order valence-electron chi connectivity index (χ3n) is 7.44. The van der Waals surface area contributed by atoms with Crippen LogP contribution in [0, 0.1) is 11.3 Å². The maximum atomic E-state index is 9.58.